The van der Waals surface area contributed by atoms with Crippen molar-refractivity contribution < 1.29 is 19.8 Å². The number of hydrogen-bond donors (Lipinski definition) is 2. The first-order chi connectivity index (χ1) is 16.0. The van der Waals surface area contributed by atoms with Gasteiger partial charge in [0.05, 0.1) is 6.10 Å². The second kappa shape index (κ2) is 7.23. The zero-order valence-corrected chi connectivity index (χ0v) is 23.3. The Morgan fingerprint density at radius 2 is 1.49 bits per heavy atom. The van der Waals surface area contributed by atoms with E-state index in [0.717, 1.165) is 51.4 Å². The van der Waals surface area contributed by atoms with Gasteiger partial charge in [0, 0.05) is 16.7 Å². The highest BCUT2D eigenvalue weighted by Gasteiger charge is 2.71. The normalized spacial score (nSPS) is 52.3. The van der Waals surface area contributed by atoms with Crippen LogP contribution in [0.25, 0.3) is 0 Å². The monoisotopic (exact) mass is 484 g/mol. The van der Waals surface area contributed by atoms with E-state index in [1.54, 1.807) is 6.92 Å². The molecule has 2 N–H and O–H groups in total. The van der Waals surface area contributed by atoms with Gasteiger partial charge in [-0.1, -0.05) is 48.5 Å². The molecule has 0 saturated heterocycles. The summed E-state index contributed by atoms with van der Waals surface area (Å²) in [5, 5.41) is 22.6. The lowest BCUT2D eigenvalue weighted by Gasteiger charge is -2.73. The van der Waals surface area contributed by atoms with Crippen molar-refractivity contribution in [1.29, 1.82) is 0 Å². The minimum atomic E-state index is -0.563. The third kappa shape index (κ3) is 2.90. The highest BCUT2D eigenvalue weighted by atomic mass is 16.3. The number of Topliss-reactive ketones (excluding diaryl/α,β-unsaturated/α-hetero) is 2. The molecule has 4 fully saturated rings. The Hall–Kier alpha value is -1.16. The number of allylic oxidation sites excluding steroid dienone is 2. The van der Waals surface area contributed by atoms with Crippen LogP contribution in [0.4, 0.5) is 0 Å². The average molecular weight is 485 g/mol. The molecule has 0 aromatic carbocycles. The van der Waals surface area contributed by atoms with Gasteiger partial charge < -0.3 is 10.2 Å². The molecule has 5 aliphatic carbocycles. The molecule has 0 aromatic heterocycles. The van der Waals surface area contributed by atoms with Crippen molar-refractivity contribution in [3.8, 4) is 0 Å². The van der Waals surface area contributed by atoms with E-state index < -0.39 is 11.5 Å². The Labute approximate surface area is 212 Å². The van der Waals surface area contributed by atoms with Crippen molar-refractivity contribution >= 4 is 11.6 Å². The van der Waals surface area contributed by atoms with Gasteiger partial charge in [-0.3, -0.25) is 9.59 Å². The maximum Gasteiger partial charge on any atom is 0.202 e. The summed E-state index contributed by atoms with van der Waals surface area (Å²) in [6.45, 7) is 17.4. The summed E-state index contributed by atoms with van der Waals surface area (Å²) in [4.78, 5) is 26.2. The number of aliphatic hydroxyl groups excluding tert-OH is 2. The van der Waals surface area contributed by atoms with E-state index in [0.29, 0.717) is 11.8 Å². The van der Waals surface area contributed by atoms with Crippen molar-refractivity contribution in [1.82, 2.24) is 0 Å². The van der Waals surface area contributed by atoms with E-state index in [2.05, 4.69) is 34.6 Å². The molecule has 0 bridgehead atoms. The Bertz CT molecular complexity index is 992. The first kappa shape index (κ1) is 25.5. The molecule has 6 unspecified atom stereocenters. The Kier molecular flexibility index (Phi) is 5.27. The predicted molar refractivity (Wildman–Crippen MR) is 138 cm³/mol. The van der Waals surface area contributed by atoms with Crippen molar-refractivity contribution in [2.45, 2.75) is 113 Å². The topological polar surface area (TPSA) is 74.6 Å². The summed E-state index contributed by atoms with van der Waals surface area (Å²) in [5.74, 6) is 1.03. The smallest absolute Gasteiger partial charge is 0.202 e. The Morgan fingerprint density at radius 3 is 2.11 bits per heavy atom. The molecule has 196 valence electrons. The molecule has 0 amide bonds. The minimum absolute atomic E-state index is 0.0109. The van der Waals surface area contributed by atoms with E-state index in [1.165, 1.54) is 0 Å². The average Bonchev–Trinajstić information content (AvgIpc) is 2.75. The quantitative estimate of drug-likeness (QED) is 0.436. The molecular formula is C31H48O4. The molecule has 35 heavy (non-hydrogen) atoms. The van der Waals surface area contributed by atoms with E-state index in [1.807, 2.05) is 19.9 Å². The fourth-order valence-corrected chi connectivity index (χ4v) is 11.1. The van der Waals surface area contributed by atoms with E-state index in [-0.39, 0.29) is 56.2 Å². The van der Waals surface area contributed by atoms with Gasteiger partial charge in [-0.2, -0.15) is 0 Å². The summed E-state index contributed by atoms with van der Waals surface area (Å²) in [5.41, 5.74) is -1.32. The first-order valence-electron chi connectivity index (χ1n) is 14.1. The van der Waals surface area contributed by atoms with Crippen LogP contribution in [0.2, 0.25) is 0 Å². The molecule has 4 saturated carbocycles. The molecule has 9 atom stereocenters. The molecule has 0 heterocycles. The van der Waals surface area contributed by atoms with Gasteiger partial charge in [-0.05, 0) is 104 Å². The third-order valence-corrected chi connectivity index (χ3v) is 13.5. The maximum atomic E-state index is 13.3. The number of carbonyl (C=O) groups excluding carboxylic acids is 2. The molecule has 0 aromatic rings. The lowest BCUT2D eigenvalue weighted by atomic mass is 9.31. The molecular weight excluding hydrogens is 436 g/mol. The number of hydrogen-bond acceptors (Lipinski definition) is 4. The summed E-state index contributed by atoms with van der Waals surface area (Å²) < 4.78 is 0. The van der Waals surface area contributed by atoms with Gasteiger partial charge in [0.1, 0.15) is 5.78 Å². The van der Waals surface area contributed by atoms with Gasteiger partial charge in [0.25, 0.3) is 0 Å². The zero-order chi connectivity index (χ0) is 26.0. The second-order valence-corrected chi connectivity index (χ2v) is 15.3. The SMILES string of the molecule is CC(=O)C12CCC(C)(C)C(O)C1C1CCC3[C@@]4(C)C=C(O)C(=O)C(C)(C)C4CC[C@@]3(C)[C@@]1(C)CC2. The van der Waals surface area contributed by atoms with Crippen molar-refractivity contribution in [3.63, 3.8) is 0 Å². The van der Waals surface area contributed by atoms with Crippen LogP contribution in [0, 0.1) is 56.2 Å². The van der Waals surface area contributed by atoms with Crippen LogP contribution in [0.1, 0.15) is 107 Å². The van der Waals surface area contributed by atoms with Crippen molar-refractivity contribution in [2.24, 2.45) is 56.2 Å². The van der Waals surface area contributed by atoms with Crippen LogP contribution in [-0.2, 0) is 9.59 Å². The third-order valence-electron chi connectivity index (χ3n) is 13.5. The molecule has 0 spiro atoms. The lowest BCUT2D eigenvalue weighted by Crippen LogP contribution is -2.69. The summed E-state index contributed by atoms with van der Waals surface area (Å²) in [6, 6.07) is 0. The van der Waals surface area contributed by atoms with Crippen molar-refractivity contribution in [2.75, 3.05) is 0 Å². The van der Waals surface area contributed by atoms with Gasteiger partial charge in [-0.25, -0.2) is 0 Å². The van der Waals surface area contributed by atoms with E-state index >= 15 is 0 Å². The fourth-order valence-electron chi connectivity index (χ4n) is 11.1. The molecule has 0 radical (unpaired) electrons. The Morgan fingerprint density at radius 1 is 0.857 bits per heavy atom. The maximum absolute atomic E-state index is 13.3. The van der Waals surface area contributed by atoms with Crippen LogP contribution >= 0.6 is 0 Å². The summed E-state index contributed by atoms with van der Waals surface area (Å²) in [7, 11) is 0. The molecule has 4 heteroatoms. The van der Waals surface area contributed by atoms with Gasteiger partial charge >= 0.3 is 0 Å². The van der Waals surface area contributed by atoms with Crippen molar-refractivity contribution in [3.05, 3.63) is 11.8 Å². The molecule has 5 aliphatic rings. The minimum Gasteiger partial charge on any atom is -0.505 e. The van der Waals surface area contributed by atoms with Gasteiger partial charge in [0.15, 0.2) is 5.76 Å². The number of carbonyl (C=O) groups is 2. The van der Waals surface area contributed by atoms with Gasteiger partial charge in [-0.15, -0.1) is 0 Å². The first-order valence-corrected chi connectivity index (χ1v) is 14.1. The van der Waals surface area contributed by atoms with Crippen LogP contribution < -0.4 is 0 Å². The summed E-state index contributed by atoms with van der Waals surface area (Å²) in [6.07, 6.45) is 9.24. The zero-order valence-electron chi connectivity index (χ0n) is 23.3. The largest absolute Gasteiger partial charge is 0.505 e. The number of ketones is 2. The van der Waals surface area contributed by atoms with Crippen LogP contribution in [-0.4, -0.2) is 27.9 Å². The highest BCUT2D eigenvalue weighted by molar-refractivity contribution is 5.98. The predicted octanol–water partition coefficient (Wildman–Crippen LogP) is 6.66. The van der Waals surface area contributed by atoms with Crippen LogP contribution in [0.5, 0.6) is 0 Å². The Balaban J connectivity index is 1.61. The van der Waals surface area contributed by atoms with Gasteiger partial charge in [0.2, 0.25) is 5.78 Å². The number of rotatable bonds is 1. The molecule has 0 aliphatic heterocycles. The highest BCUT2D eigenvalue weighted by Crippen LogP contribution is 2.76. The van der Waals surface area contributed by atoms with E-state index in [9.17, 15) is 19.8 Å². The standard InChI is InChI=1S/C31H48O4/c1-18(32)31-15-13-26(2,3)25(35)23(31)19-9-10-22-28(6)17-20(33)24(34)27(4,5)21(28)11-12-30(22,8)29(19,7)14-16-31/h17,19,21-23,25,33,35H,9-16H2,1-8H3/t19?,21?,22?,23?,25?,28-,29-,30+,31?/m0/s1. The second-order valence-electron chi connectivity index (χ2n) is 15.3. The number of aliphatic hydroxyl groups is 2. The lowest BCUT2D eigenvalue weighted by molar-refractivity contribution is -0.247. The van der Waals surface area contributed by atoms with E-state index in [4.69, 9.17) is 0 Å². The summed E-state index contributed by atoms with van der Waals surface area (Å²) >= 11 is 0. The number of fused-ring (bicyclic) bond motifs is 7. The molecule has 4 nitrogen and oxygen atoms in total. The van der Waals surface area contributed by atoms with Crippen LogP contribution in [0.3, 0.4) is 0 Å². The van der Waals surface area contributed by atoms with Crippen LogP contribution in [0.15, 0.2) is 11.8 Å². The molecule has 5 rings (SSSR count). The fraction of sp³-hybridized carbons (Fsp3) is 0.871.